The van der Waals surface area contributed by atoms with Gasteiger partial charge in [0.15, 0.2) is 0 Å². The van der Waals surface area contributed by atoms with Gasteiger partial charge in [0.25, 0.3) is 0 Å². The Morgan fingerprint density at radius 2 is 1.47 bits per heavy atom. The molecule has 5 nitrogen and oxygen atoms in total. The van der Waals surface area contributed by atoms with Crippen molar-refractivity contribution in [3.05, 3.63) is 131 Å². The minimum Gasteiger partial charge on any atom is -0.496 e. The third kappa shape index (κ3) is 5.31. The average molecular weight is 524 g/mol. The predicted molar refractivity (Wildman–Crippen MR) is 149 cm³/mol. The summed E-state index contributed by atoms with van der Waals surface area (Å²) in [4.78, 5) is 29.2. The van der Waals surface area contributed by atoms with E-state index >= 15 is 0 Å². The summed E-state index contributed by atoms with van der Waals surface area (Å²) in [6.45, 7) is 0.226. The Morgan fingerprint density at radius 3 is 2.03 bits per heavy atom. The van der Waals surface area contributed by atoms with Gasteiger partial charge in [-0.25, -0.2) is 4.79 Å². The molecule has 1 atom stereocenters. The van der Waals surface area contributed by atoms with Crippen LogP contribution in [0.2, 0.25) is 0 Å². The first-order valence-electron chi connectivity index (χ1n) is 12.6. The van der Waals surface area contributed by atoms with E-state index in [1.54, 1.807) is 18.9 Å². The van der Waals surface area contributed by atoms with E-state index in [1.165, 1.54) is 10.5 Å². The Kier molecular flexibility index (Phi) is 7.80. The second-order valence-electron chi connectivity index (χ2n) is 9.29. The van der Waals surface area contributed by atoms with E-state index in [2.05, 4.69) is 12.1 Å². The lowest BCUT2D eigenvalue weighted by Crippen LogP contribution is -2.50. The summed E-state index contributed by atoms with van der Waals surface area (Å²) in [6, 6.07) is 32.2. The quantitative estimate of drug-likeness (QED) is 0.280. The van der Waals surface area contributed by atoms with Crippen molar-refractivity contribution in [3.8, 4) is 5.75 Å². The molecule has 0 saturated carbocycles. The van der Waals surface area contributed by atoms with Crippen molar-refractivity contribution in [1.29, 1.82) is 0 Å². The van der Waals surface area contributed by atoms with Crippen LogP contribution in [0.25, 0.3) is 0 Å². The van der Waals surface area contributed by atoms with Crippen LogP contribution in [0.5, 0.6) is 5.75 Å². The second kappa shape index (κ2) is 11.6. The zero-order valence-corrected chi connectivity index (χ0v) is 21.9. The number of carbonyl (C=O) groups is 2. The van der Waals surface area contributed by atoms with Gasteiger partial charge in [0, 0.05) is 18.7 Å². The summed E-state index contributed by atoms with van der Waals surface area (Å²) < 4.78 is 5.67. The van der Waals surface area contributed by atoms with E-state index < -0.39 is 17.9 Å². The van der Waals surface area contributed by atoms with Crippen LogP contribution in [-0.4, -0.2) is 35.0 Å². The molecule has 4 aromatic rings. The number of thioether (sulfide) groups is 1. The van der Waals surface area contributed by atoms with Crippen molar-refractivity contribution < 1.29 is 19.4 Å². The van der Waals surface area contributed by atoms with Gasteiger partial charge in [0.2, 0.25) is 5.91 Å². The van der Waals surface area contributed by atoms with E-state index in [0.29, 0.717) is 0 Å². The highest BCUT2D eigenvalue weighted by Crippen LogP contribution is 2.41. The van der Waals surface area contributed by atoms with E-state index in [-0.39, 0.29) is 18.9 Å². The highest BCUT2D eigenvalue weighted by Gasteiger charge is 2.39. The molecule has 0 aromatic heterocycles. The normalized spacial score (nSPS) is 14.7. The van der Waals surface area contributed by atoms with Gasteiger partial charge in [-0.05, 0) is 33.9 Å². The van der Waals surface area contributed by atoms with E-state index in [9.17, 15) is 14.7 Å². The van der Waals surface area contributed by atoms with Gasteiger partial charge < -0.3 is 14.7 Å². The second-order valence-corrected chi connectivity index (χ2v) is 10.3. The molecular formula is C32H29NO4S. The van der Waals surface area contributed by atoms with Crippen LogP contribution in [0.4, 0.5) is 0 Å². The largest absolute Gasteiger partial charge is 0.496 e. The first-order chi connectivity index (χ1) is 18.6. The van der Waals surface area contributed by atoms with E-state index in [0.717, 1.165) is 38.7 Å². The summed E-state index contributed by atoms with van der Waals surface area (Å²) in [5.41, 5.74) is 4.75. The maximum atomic E-state index is 14.2. The number of carboxylic acids is 1. The SMILES string of the molecule is COc1ccc2c(c1SCc1ccccc1)CC(C(=O)O)N(C(=O)C(c1ccccc1)c1ccccc1)C2. The summed E-state index contributed by atoms with van der Waals surface area (Å²) >= 11 is 1.64. The van der Waals surface area contributed by atoms with Crippen LogP contribution >= 0.6 is 11.8 Å². The van der Waals surface area contributed by atoms with Crippen LogP contribution in [0.15, 0.2) is 108 Å². The average Bonchev–Trinajstić information content (AvgIpc) is 2.96. The minimum atomic E-state index is -1.01. The molecule has 6 heteroatoms. The topological polar surface area (TPSA) is 66.8 Å². The van der Waals surface area contributed by atoms with Crippen LogP contribution in [-0.2, 0) is 28.3 Å². The molecule has 1 aliphatic rings. The number of aliphatic carboxylic acids is 1. The van der Waals surface area contributed by atoms with Gasteiger partial charge in [-0.1, -0.05) is 97.1 Å². The molecule has 0 spiro atoms. The number of benzene rings is 4. The highest BCUT2D eigenvalue weighted by molar-refractivity contribution is 7.98. The fraction of sp³-hybridized carbons (Fsp3) is 0.188. The molecule has 5 rings (SSSR count). The third-order valence-corrected chi connectivity index (χ3v) is 8.18. The molecule has 0 aliphatic carbocycles. The molecule has 38 heavy (non-hydrogen) atoms. The van der Waals surface area contributed by atoms with Gasteiger partial charge in [0.05, 0.1) is 17.9 Å². The lowest BCUT2D eigenvalue weighted by atomic mass is 9.87. The molecule has 1 amide bonds. The lowest BCUT2D eigenvalue weighted by Gasteiger charge is -2.37. The van der Waals surface area contributed by atoms with Crippen molar-refractivity contribution >= 4 is 23.6 Å². The zero-order valence-electron chi connectivity index (χ0n) is 21.1. The first-order valence-corrected chi connectivity index (χ1v) is 13.5. The molecule has 0 bridgehead atoms. The van der Waals surface area contributed by atoms with Gasteiger partial charge in [0.1, 0.15) is 11.8 Å². The summed E-state index contributed by atoms with van der Waals surface area (Å²) in [6.07, 6.45) is 0.223. The number of rotatable bonds is 8. The maximum absolute atomic E-state index is 14.2. The zero-order chi connectivity index (χ0) is 26.5. The van der Waals surface area contributed by atoms with Crippen molar-refractivity contribution in [2.45, 2.75) is 35.6 Å². The molecule has 1 heterocycles. The van der Waals surface area contributed by atoms with Gasteiger partial charge >= 0.3 is 5.97 Å². The number of hydrogen-bond acceptors (Lipinski definition) is 4. The molecule has 0 fully saturated rings. The van der Waals surface area contributed by atoms with Crippen molar-refractivity contribution in [1.82, 2.24) is 4.90 Å². The molecular weight excluding hydrogens is 494 g/mol. The molecule has 4 aromatic carbocycles. The number of amides is 1. The van der Waals surface area contributed by atoms with Crippen molar-refractivity contribution in [3.63, 3.8) is 0 Å². The molecule has 192 valence electrons. The fourth-order valence-electron chi connectivity index (χ4n) is 5.05. The lowest BCUT2D eigenvalue weighted by molar-refractivity contribution is -0.151. The predicted octanol–water partition coefficient (Wildman–Crippen LogP) is 6.16. The Hall–Kier alpha value is -4.03. The van der Waals surface area contributed by atoms with Crippen LogP contribution in [0.1, 0.15) is 33.7 Å². The number of carboxylic acid groups (broad SMARTS) is 1. The minimum absolute atomic E-state index is 0.213. The van der Waals surface area contributed by atoms with Gasteiger partial charge in [-0.2, -0.15) is 0 Å². The molecule has 1 unspecified atom stereocenters. The first kappa shape index (κ1) is 25.6. The number of fused-ring (bicyclic) bond motifs is 1. The number of hydrogen-bond donors (Lipinski definition) is 1. The van der Waals surface area contributed by atoms with Gasteiger partial charge in [-0.3, -0.25) is 4.79 Å². The number of ether oxygens (including phenoxy) is 1. The van der Waals surface area contributed by atoms with E-state index in [4.69, 9.17) is 4.74 Å². The summed E-state index contributed by atoms with van der Waals surface area (Å²) in [7, 11) is 1.63. The smallest absolute Gasteiger partial charge is 0.326 e. The number of methoxy groups -OCH3 is 1. The number of carbonyl (C=O) groups excluding carboxylic acids is 1. The molecule has 0 radical (unpaired) electrons. The number of nitrogens with zero attached hydrogens (tertiary/aromatic N) is 1. The Labute approximate surface area is 227 Å². The van der Waals surface area contributed by atoms with Crippen LogP contribution in [0.3, 0.4) is 0 Å². The summed E-state index contributed by atoms with van der Waals surface area (Å²) in [5.74, 6) is -0.357. The monoisotopic (exact) mass is 523 g/mol. The van der Waals surface area contributed by atoms with Crippen molar-refractivity contribution in [2.75, 3.05) is 7.11 Å². The molecule has 1 aliphatic heterocycles. The Balaban J connectivity index is 1.52. The fourth-order valence-corrected chi connectivity index (χ4v) is 6.24. The highest BCUT2D eigenvalue weighted by atomic mass is 32.2. The third-order valence-electron chi connectivity index (χ3n) is 6.96. The Bertz CT molecular complexity index is 1370. The van der Waals surface area contributed by atoms with Crippen LogP contribution in [0, 0.1) is 0 Å². The van der Waals surface area contributed by atoms with E-state index in [1.807, 2.05) is 91.0 Å². The van der Waals surface area contributed by atoms with Crippen LogP contribution < -0.4 is 4.74 Å². The van der Waals surface area contributed by atoms with Crippen molar-refractivity contribution in [2.24, 2.45) is 0 Å². The summed E-state index contributed by atoms with van der Waals surface area (Å²) in [5, 5.41) is 10.3. The Morgan fingerprint density at radius 1 is 0.895 bits per heavy atom. The standard InChI is InChI=1S/C32H29NO4S/c1-37-28-18-17-25-20-33(31(34)29(23-13-7-3-8-14-23)24-15-9-4-10-16-24)27(32(35)36)19-26(25)30(28)38-21-22-11-5-2-6-12-22/h2-18,27,29H,19-21H2,1H3,(H,35,36). The molecule has 0 saturated heterocycles. The molecule has 1 N–H and O–H groups in total. The van der Waals surface area contributed by atoms with Gasteiger partial charge in [-0.15, -0.1) is 11.8 Å². The maximum Gasteiger partial charge on any atom is 0.326 e.